The van der Waals surface area contributed by atoms with Crippen molar-refractivity contribution in [3.05, 3.63) is 18.3 Å². The van der Waals surface area contributed by atoms with Gasteiger partial charge in [-0.05, 0) is 38.7 Å². The first kappa shape index (κ1) is 18.4. The third-order valence-corrected chi connectivity index (χ3v) is 3.19. The Kier molecular flexibility index (Phi) is 7.32. The van der Waals surface area contributed by atoms with Crippen LogP contribution in [0, 0.1) is 5.92 Å². The summed E-state index contributed by atoms with van der Waals surface area (Å²) in [5.41, 5.74) is -0.191. The maximum atomic E-state index is 12.5. The standard InChI is InChI=1S/C17H28N2O3/c1-6-10-21-15-9-8-14(12-18-15)19-16(20)17(5,22-7-2)11-13(3)4/h8-9,12-13H,6-7,10-11H2,1-5H3,(H,19,20). The van der Waals surface area contributed by atoms with E-state index < -0.39 is 5.60 Å². The van der Waals surface area contributed by atoms with Crippen molar-refractivity contribution in [3.63, 3.8) is 0 Å². The van der Waals surface area contributed by atoms with Crippen molar-refractivity contribution in [1.29, 1.82) is 0 Å². The third-order valence-electron chi connectivity index (χ3n) is 3.19. The number of anilines is 1. The minimum Gasteiger partial charge on any atom is -0.478 e. The number of nitrogens with zero attached hydrogens (tertiary/aromatic N) is 1. The molecule has 1 atom stereocenters. The fraction of sp³-hybridized carbons (Fsp3) is 0.647. The predicted octanol–water partition coefficient (Wildman–Crippen LogP) is 3.65. The average molecular weight is 308 g/mol. The smallest absolute Gasteiger partial charge is 0.256 e. The van der Waals surface area contributed by atoms with Crippen molar-refractivity contribution in [2.75, 3.05) is 18.5 Å². The van der Waals surface area contributed by atoms with Crippen LogP contribution in [0.15, 0.2) is 18.3 Å². The van der Waals surface area contributed by atoms with E-state index in [-0.39, 0.29) is 5.91 Å². The average Bonchev–Trinajstić information content (AvgIpc) is 2.46. The van der Waals surface area contributed by atoms with Gasteiger partial charge in [-0.2, -0.15) is 0 Å². The van der Waals surface area contributed by atoms with Crippen LogP contribution in [-0.2, 0) is 9.53 Å². The van der Waals surface area contributed by atoms with Gasteiger partial charge in [-0.25, -0.2) is 4.98 Å². The minimum absolute atomic E-state index is 0.146. The summed E-state index contributed by atoms with van der Waals surface area (Å²) in [6.45, 7) is 11.1. The Morgan fingerprint density at radius 1 is 1.36 bits per heavy atom. The number of ether oxygens (including phenoxy) is 2. The highest BCUT2D eigenvalue weighted by molar-refractivity contribution is 5.96. The summed E-state index contributed by atoms with van der Waals surface area (Å²) < 4.78 is 11.1. The summed E-state index contributed by atoms with van der Waals surface area (Å²) in [5, 5.41) is 2.87. The molecule has 1 N–H and O–H groups in total. The number of rotatable bonds is 9. The third kappa shape index (κ3) is 5.64. The molecule has 0 aliphatic heterocycles. The fourth-order valence-corrected chi connectivity index (χ4v) is 2.32. The van der Waals surface area contributed by atoms with Crippen LogP contribution in [0.3, 0.4) is 0 Å². The molecule has 0 aliphatic rings. The molecule has 0 aliphatic carbocycles. The number of pyridine rings is 1. The minimum atomic E-state index is -0.833. The van der Waals surface area contributed by atoms with E-state index in [1.54, 1.807) is 18.3 Å². The van der Waals surface area contributed by atoms with E-state index in [1.165, 1.54) is 0 Å². The predicted molar refractivity (Wildman–Crippen MR) is 88.1 cm³/mol. The van der Waals surface area contributed by atoms with Crippen LogP contribution in [0.1, 0.15) is 47.5 Å². The molecule has 0 saturated carbocycles. The molecule has 22 heavy (non-hydrogen) atoms. The van der Waals surface area contributed by atoms with Crippen LogP contribution in [-0.4, -0.2) is 29.7 Å². The molecule has 0 bridgehead atoms. The molecule has 0 fully saturated rings. The van der Waals surface area contributed by atoms with Gasteiger partial charge < -0.3 is 14.8 Å². The van der Waals surface area contributed by atoms with Gasteiger partial charge in [-0.1, -0.05) is 20.8 Å². The maximum absolute atomic E-state index is 12.5. The number of nitrogens with one attached hydrogen (secondary N) is 1. The molecule has 0 saturated heterocycles. The summed E-state index contributed by atoms with van der Waals surface area (Å²) in [7, 11) is 0. The Morgan fingerprint density at radius 2 is 2.09 bits per heavy atom. The van der Waals surface area contributed by atoms with Crippen LogP contribution in [0.2, 0.25) is 0 Å². The fourth-order valence-electron chi connectivity index (χ4n) is 2.32. The van der Waals surface area contributed by atoms with Gasteiger partial charge in [0.2, 0.25) is 5.88 Å². The van der Waals surface area contributed by atoms with Crippen LogP contribution >= 0.6 is 0 Å². The largest absolute Gasteiger partial charge is 0.478 e. The van der Waals surface area contributed by atoms with Gasteiger partial charge in [0.05, 0.1) is 18.5 Å². The highest BCUT2D eigenvalue weighted by atomic mass is 16.5. The van der Waals surface area contributed by atoms with Crippen molar-refractivity contribution in [1.82, 2.24) is 4.98 Å². The molecular weight excluding hydrogens is 280 g/mol. The molecule has 5 heteroatoms. The Bertz CT molecular complexity index is 459. The topological polar surface area (TPSA) is 60.5 Å². The van der Waals surface area contributed by atoms with Gasteiger partial charge in [-0.3, -0.25) is 4.79 Å². The lowest BCUT2D eigenvalue weighted by atomic mass is 9.93. The van der Waals surface area contributed by atoms with Crippen molar-refractivity contribution in [3.8, 4) is 5.88 Å². The Hall–Kier alpha value is -1.62. The number of hydrogen-bond acceptors (Lipinski definition) is 4. The van der Waals surface area contributed by atoms with Gasteiger partial charge in [0.1, 0.15) is 5.60 Å². The number of carbonyl (C=O) groups excluding carboxylic acids is 1. The molecule has 1 rings (SSSR count). The Morgan fingerprint density at radius 3 is 2.59 bits per heavy atom. The molecule has 1 aromatic heterocycles. The van der Waals surface area contributed by atoms with Crippen molar-refractivity contribution < 1.29 is 14.3 Å². The van der Waals surface area contributed by atoms with Gasteiger partial charge in [0, 0.05) is 12.7 Å². The Balaban J connectivity index is 2.72. The second-order valence-corrected chi connectivity index (χ2v) is 5.95. The summed E-state index contributed by atoms with van der Waals surface area (Å²) in [4.78, 5) is 16.7. The number of carbonyl (C=O) groups is 1. The molecule has 0 spiro atoms. The lowest BCUT2D eigenvalue weighted by molar-refractivity contribution is -0.140. The highest BCUT2D eigenvalue weighted by Crippen LogP contribution is 2.23. The van der Waals surface area contributed by atoms with Gasteiger partial charge in [0.15, 0.2) is 0 Å². The summed E-state index contributed by atoms with van der Waals surface area (Å²) in [5.74, 6) is 0.784. The number of hydrogen-bond donors (Lipinski definition) is 1. The molecule has 1 heterocycles. The monoisotopic (exact) mass is 308 g/mol. The molecule has 124 valence electrons. The molecular formula is C17H28N2O3. The molecule has 1 aromatic rings. The maximum Gasteiger partial charge on any atom is 0.256 e. The second kappa shape index (κ2) is 8.73. The van der Waals surface area contributed by atoms with Crippen LogP contribution in [0.5, 0.6) is 5.88 Å². The van der Waals surface area contributed by atoms with E-state index in [0.29, 0.717) is 37.1 Å². The summed E-state index contributed by atoms with van der Waals surface area (Å²) >= 11 is 0. The first-order valence-corrected chi connectivity index (χ1v) is 7.95. The Labute approximate surface area is 133 Å². The van der Waals surface area contributed by atoms with Crippen LogP contribution in [0.25, 0.3) is 0 Å². The van der Waals surface area contributed by atoms with E-state index in [2.05, 4.69) is 24.1 Å². The number of amides is 1. The zero-order chi connectivity index (χ0) is 16.6. The van der Waals surface area contributed by atoms with Crippen molar-refractivity contribution >= 4 is 11.6 Å². The van der Waals surface area contributed by atoms with Gasteiger partial charge in [-0.15, -0.1) is 0 Å². The summed E-state index contributed by atoms with van der Waals surface area (Å²) in [6, 6.07) is 3.55. The van der Waals surface area contributed by atoms with Crippen molar-refractivity contribution in [2.24, 2.45) is 5.92 Å². The molecule has 0 aromatic carbocycles. The zero-order valence-electron chi connectivity index (χ0n) is 14.3. The van der Waals surface area contributed by atoms with E-state index in [0.717, 1.165) is 6.42 Å². The van der Waals surface area contributed by atoms with Crippen molar-refractivity contribution in [2.45, 2.75) is 53.1 Å². The van der Waals surface area contributed by atoms with Crippen LogP contribution < -0.4 is 10.1 Å². The zero-order valence-corrected chi connectivity index (χ0v) is 14.3. The van der Waals surface area contributed by atoms with E-state index in [9.17, 15) is 4.79 Å². The molecule has 5 nitrogen and oxygen atoms in total. The first-order chi connectivity index (χ1) is 10.4. The lowest BCUT2D eigenvalue weighted by Gasteiger charge is -2.29. The first-order valence-electron chi connectivity index (χ1n) is 7.95. The molecule has 0 radical (unpaired) electrons. The van der Waals surface area contributed by atoms with E-state index >= 15 is 0 Å². The molecule has 1 unspecified atom stereocenters. The molecule has 1 amide bonds. The van der Waals surface area contributed by atoms with Gasteiger partial charge >= 0.3 is 0 Å². The van der Waals surface area contributed by atoms with Gasteiger partial charge in [0.25, 0.3) is 5.91 Å². The normalized spacial score (nSPS) is 13.7. The number of aromatic nitrogens is 1. The lowest BCUT2D eigenvalue weighted by Crippen LogP contribution is -2.44. The highest BCUT2D eigenvalue weighted by Gasteiger charge is 2.34. The quantitative estimate of drug-likeness (QED) is 0.756. The summed E-state index contributed by atoms with van der Waals surface area (Å²) in [6.07, 6.45) is 3.20. The second-order valence-electron chi connectivity index (χ2n) is 5.95. The van der Waals surface area contributed by atoms with E-state index in [1.807, 2.05) is 20.8 Å². The SMILES string of the molecule is CCCOc1ccc(NC(=O)C(C)(CC(C)C)OCC)cn1. The van der Waals surface area contributed by atoms with E-state index in [4.69, 9.17) is 9.47 Å². The van der Waals surface area contributed by atoms with Crippen LogP contribution in [0.4, 0.5) is 5.69 Å².